The summed E-state index contributed by atoms with van der Waals surface area (Å²) in [6, 6.07) is 25.1. The first-order chi connectivity index (χ1) is 15.2. The summed E-state index contributed by atoms with van der Waals surface area (Å²) in [6.07, 6.45) is 2.25. The molecular weight excluding hydrogens is 377 g/mol. The zero-order chi connectivity index (χ0) is 20.4. The van der Waals surface area contributed by atoms with Crippen molar-refractivity contribution in [3.63, 3.8) is 0 Å². The lowest BCUT2D eigenvalue weighted by Crippen LogP contribution is -2.54. The highest BCUT2D eigenvalue weighted by molar-refractivity contribution is 6.82. The second-order valence-electron chi connectivity index (χ2n) is 9.47. The molecular formula is C27H21BN3+. The van der Waals surface area contributed by atoms with Crippen molar-refractivity contribution in [1.82, 2.24) is 4.48 Å². The summed E-state index contributed by atoms with van der Waals surface area (Å²) >= 11 is 0. The molecule has 3 nitrogen and oxygen atoms in total. The van der Waals surface area contributed by atoms with Crippen molar-refractivity contribution in [2.45, 2.75) is 26.3 Å². The second-order valence-corrected chi connectivity index (χ2v) is 9.47. The fourth-order valence-electron chi connectivity index (χ4n) is 6.28. The Balaban J connectivity index is 1.57. The Kier molecular flexibility index (Phi) is 2.72. The van der Waals surface area contributed by atoms with E-state index in [1.807, 2.05) is 0 Å². The molecule has 3 aliphatic rings. The fourth-order valence-corrected chi connectivity index (χ4v) is 6.28. The van der Waals surface area contributed by atoms with Crippen LogP contribution in [0.4, 0.5) is 11.4 Å². The normalized spacial score (nSPS) is 14.8. The first-order valence-electron chi connectivity index (χ1n) is 11.2. The zero-order valence-electron chi connectivity index (χ0n) is 17.6. The number of nitrogens with zero attached hydrogens (tertiary/aromatic N) is 3. The molecule has 3 aromatic carbocycles. The van der Waals surface area contributed by atoms with Crippen molar-refractivity contribution >= 4 is 45.6 Å². The molecule has 0 spiro atoms. The van der Waals surface area contributed by atoms with E-state index in [0.29, 0.717) is 5.92 Å². The quantitative estimate of drug-likeness (QED) is 0.282. The predicted molar refractivity (Wildman–Crippen MR) is 128 cm³/mol. The Hall–Kier alpha value is -3.53. The first kappa shape index (κ1) is 16.2. The molecule has 3 aliphatic heterocycles. The smallest absolute Gasteiger partial charge is 0.359 e. The van der Waals surface area contributed by atoms with E-state index < -0.39 is 0 Å². The van der Waals surface area contributed by atoms with Crippen LogP contribution in [0.25, 0.3) is 33.1 Å². The van der Waals surface area contributed by atoms with E-state index in [-0.39, 0.29) is 6.98 Å². The molecule has 0 atom stereocenters. The monoisotopic (exact) mass is 398 g/mol. The lowest BCUT2D eigenvalue weighted by Gasteiger charge is -2.32. The minimum atomic E-state index is 0.156. The third-order valence-corrected chi connectivity index (χ3v) is 7.56. The average molecular weight is 398 g/mol. The van der Waals surface area contributed by atoms with Gasteiger partial charge >= 0.3 is 6.98 Å². The van der Waals surface area contributed by atoms with Gasteiger partial charge in [-0.2, -0.15) is 4.57 Å². The van der Waals surface area contributed by atoms with Crippen LogP contribution in [0.15, 0.2) is 72.9 Å². The van der Waals surface area contributed by atoms with Gasteiger partial charge in [-0.05, 0) is 35.7 Å². The lowest BCUT2D eigenvalue weighted by molar-refractivity contribution is -0.671. The van der Waals surface area contributed by atoms with Gasteiger partial charge in [0.15, 0.2) is 12.7 Å². The summed E-state index contributed by atoms with van der Waals surface area (Å²) in [4.78, 5) is 2.61. The van der Waals surface area contributed by atoms with Crippen LogP contribution in [0, 0.1) is 0 Å². The average Bonchev–Trinajstić information content (AvgIpc) is 3.45. The minimum Gasteiger partial charge on any atom is -0.359 e. The SMILES string of the molecule is CC(C)c1cc2c3c(c1)N1B(c4ccc[n+](c4-3)C2)n2c3ccccc3c3cccc1c32. The van der Waals surface area contributed by atoms with Gasteiger partial charge in [0.25, 0.3) is 0 Å². The van der Waals surface area contributed by atoms with E-state index in [1.54, 1.807) is 0 Å². The van der Waals surface area contributed by atoms with Gasteiger partial charge in [0.1, 0.15) is 0 Å². The molecule has 0 unspecified atom stereocenters. The van der Waals surface area contributed by atoms with Crippen LogP contribution in [0.5, 0.6) is 0 Å². The maximum absolute atomic E-state index is 2.61. The molecule has 0 bridgehead atoms. The number of benzene rings is 3. The molecule has 5 heterocycles. The fraction of sp³-hybridized carbons (Fsp3) is 0.148. The Morgan fingerprint density at radius 1 is 0.903 bits per heavy atom. The summed E-state index contributed by atoms with van der Waals surface area (Å²) in [7, 11) is 0. The van der Waals surface area contributed by atoms with Crippen molar-refractivity contribution in [3.8, 4) is 11.3 Å². The van der Waals surface area contributed by atoms with Crippen LogP contribution in [-0.2, 0) is 6.54 Å². The number of hydrogen-bond donors (Lipinski definition) is 0. The van der Waals surface area contributed by atoms with Gasteiger partial charge in [-0.15, -0.1) is 0 Å². The molecule has 0 aliphatic carbocycles. The maximum Gasteiger partial charge on any atom is 0.427 e. The van der Waals surface area contributed by atoms with E-state index in [9.17, 15) is 0 Å². The summed E-state index contributed by atoms with van der Waals surface area (Å²) < 4.78 is 5.04. The standard InChI is InChI=1S/C27H21BN3/c1-16(2)17-13-18-15-29-12-6-9-21-27(29)25(18)24(14-17)30-23-11-5-8-20-19-7-3-4-10-22(19)31(26(20)23)28(21)30/h3-14,16H,15H2,1-2H3/q+1. The molecule has 4 heteroatoms. The second kappa shape index (κ2) is 5.20. The van der Waals surface area contributed by atoms with Gasteiger partial charge in [-0.25, -0.2) is 0 Å². The van der Waals surface area contributed by atoms with Crippen molar-refractivity contribution in [1.29, 1.82) is 0 Å². The highest BCUT2D eigenvalue weighted by Crippen LogP contribution is 2.50. The van der Waals surface area contributed by atoms with Gasteiger partial charge in [-0.1, -0.05) is 50.2 Å². The van der Waals surface area contributed by atoms with Crippen LogP contribution < -0.4 is 14.8 Å². The first-order valence-corrected chi connectivity index (χ1v) is 11.2. The summed E-state index contributed by atoms with van der Waals surface area (Å²) in [6.45, 7) is 5.73. The molecule has 5 aromatic rings. The zero-order valence-corrected chi connectivity index (χ0v) is 17.6. The van der Waals surface area contributed by atoms with E-state index in [4.69, 9.17) is 0 Å². The highest BCUT2D eigenvalue weighted by Gasteiger charge is 2.50. The predicted octanol–water partition coefficient (Wildman–Crippen LogP) is 4.94. The Labute approximate surface area is 181 Å². The largest absolute Gasteiger partial charge is 0.427 e. The van der Waals surface area contributed by atoms with Gasteiger partial charge in [-0.3, -0.25) is 0 Å². The highest BCUT2D eigenvalue weighted by atomic mass is 15.2. The van der Waals surface area contributed by atoms with Crippen LogP contribution in [-0.4, -0.2) is 11.5 Å². The van der Waals surface area contributed by atoms with Crippen molar-refractivity contribution in [3.05, 3.63) is 84.1 Å². The Morgan fingerprint density at radius 2 is 1.77 bits per heavy atom. The molecule has 0 amide bonds. The van der Waals surface area contributed by atoms with Crippen molar-refractivity contribution in [2.75, 3.05) is 4.81 Å². The summed E-state index contributed by atoms with van der Waals surface area (Å²) in [5.41, 5.74) is 12.5. The van der Waals surface area contributed by atoms with Crippen LogP contribution >= 0.6 is 0 Å². The third kappa shape index (κ3) is 1.74. The molecule has 0 N–H and O–H groups in total. The van der Waals surface area contributed by atoms with Gasteiger partial charge in [0, 0.05) is 39.1 Å². The maximum atomic E-state index is 2.61. The van der Waals surface area contributed by atoms with Crippen molar-refractivity contribution in [2.24, 2.45) is 0 Å². The number of para-hydroxylation sites is 2. The third-order valence-electron chi connectivity index (χ3n) is 7.56. The molecule has 146 valence electrons. The van der Waals surface area contributed by atoms with E-state index in [1.165, 1.54) is 61.0 Å². The molecule has 0 saturated carbocycles. The van der Waals surface area contributed by atoms with E-state index in [0.717, 1.165) is 6.54 Å². The number of anilines is 2. The lowest BCUT2D eigenvalue weighted by atomic mass is 9.61. The van der Waals surface area contributed by atoms with Gasteiger partial charge in [0.2, 0.25) is 5.69 Å². The molecule has 0 fully saturated rings. The number of rotatable bonds is 1. The molecule has 0 saturated heterocycles. The number of hydrogen-bond acceptors (Lipinski definition) is 1. The minimum absolute atomic E-state index is 0.156. The Bertz CT molecular complexity index is 1610. The van der Waals surface area contributed by atoms with Crippen LogP contribution in [0.3, 0.4) is 0 Å². The summed E-state index contributed by atoms with van der Waals surface area (Å²) in [5, 5.41) is 2.70. The molecule has 0 radical (unpaired) electrons. The molecule has 2 aromatic heterocycles. The molecule has 8 rings (SSSR count). The Morgan fingerprint density at radius 3 is 2.68 bits per heavy atom. The number of aromatic nitrogens is 2. The van der Waals surface area contributed by atoms with E-state index in [2.05, 4.69) is 101 Å². The van der Waals surface area contributed by atoms with E-state index >= 15 is 0 Å². The van der Waals surface area contributed by atoms with Gasteiger partial charge < -0.3 is 9.29 Å². The summed E-state index contributed by atoms with van der Waals surface area (Å²) in [5.74, 6) is 0.508. The topological polar surface area (TPSA) is 12.1 Å². The van der Waals surface area contributed by atoms with Gasteiger partial charge in [0.05, 0.1) is 16.8 Å². The molecule has 31 heavy (non-hydrogen) atoms. The van der Waals surface area contributed by atoms with Crippen LogP contribution in [0.1, 0.15) is 30.9 Å². The number of pyridine rings is 1. The van der Waals surface area contributed by atoms with Crippen LogP contribution in [0.2, 0.25) is 0 Å². The number of fused-ring (bicyclic) bond motifs is 8. The van der Waals surface area contributed by atoms with Crippen molar-refractivity contribution < 1.29 is 4.57 Å².